The summed E-state index contributed by atoms with van der Waals surface area (Å²) in [5.74, 6) is -0.166. The Labute approximate surface area is 69.9 Å². The predicted molar refractivity (Wildman–Crippen MR) is 46.4 cm³/mol. The molecule has 0 aliphatic rings. The SMILES string of the molecule is Cc1cnc2ccccc2c1F. The molecule has 2 aromatic rings. The van der Waals surface area contributed by atoms with E-state index in [2.05, 4.69) is 4.98 Å². The summed E-state index contributed by atoms with van der Waals surface area (Å²) in [5, 5.41) is 0.595. The highest BCUT2D eigenvalue weighted by molar-refractivity contribution is 5.79. The van der Waals surface area contributed by atoms with Gasteiger partial charge in [0.1, 0.15) is 5.82 Å². The topological polar surface area (TPSA) is 12.9 Å². The Hall–Kier alpha value is -1.44. The van der Waals surface area contributed by atoms with Gasteiger partial charge in [0.2, 0.25) is 0 Å². The maximum atomic E-state index is 13.4. The smallest absolute Gasteiger partial charge is 0.137 e. The third-order valence-electron chi connectivity index (χ3n) is 1.88. The zero-order valence-electron chi connectivity index (χ0n) is 6.71. The number of hydrogen-bond donors (Lipinski definition) is 0. The van der Waals surface area contributed by atoms with E-state index in [1.807, 2.05) is 12.1 Å². The van der Waals surface area contributed by atoms with Crippen LogP contribution in [0.25, 0.3) is 10.9 Å². The van der Waals surface area contributed by atoms with Gasteiger partial charge in [-0.2, -0.15) is 0 Å². The lowest BCUT2D eigenvalue weighted by atomic mass is 10.1. The number of hydrogen-bond acceptors (Lipinski definition) is 1. The van der Waals surface area contributed by atoms with Gasteiger partial charge in [-0.15, -0.1) is 0 Å². The van der Waals surface area contributed by atoms with Crippen molar-refractivity contribution in [2.24, 2.45) is 0 Å². The Balaban J connectivity index is 2.91. The highest BCUT2D eigenvalue weighted by Gasteiger charge is 2.02. The number of aryl methyl sites for hydroxylation is 1. The zero-order valence-corrected chi connectivity index (χ0v) is 6.71. The maximum Gasteiger partial charge on any atom is 0.137 e. The zero-order chi connectivity index (χ0) is 8.55. The van der Waals surface area contributed by atoms with Gasteiger partial charge in [0.25, 0.3) is 0 Å². The summed E-state index contributed by atoms with van der Waals surface area (Å²) in [7, 11) is 0. The summed E-state index contributed by atoms with van der Waals surface area (Å²) in [5.41, 5.74) is 1.30. The third-order valence-corrected chi connectivity index (χ3v) is 1.88. The lowest BCUT2D eigenvalue weighted by Gasteiger charge is -1.99. The minimum Gasteiger partial charge on any atom is -0.256 e. The fraction of sp³-hybridized carbons (Fsp3) is 0.100. The number of aromatic nitrogens is 1. The Morgan fingerprint density at radius 2 is 2.00 bits per heavy atom. The minimum absolute atomic E-state index is 0.166. The maximum absolute atomic E-state index is 13.4. The molecule has 0 N–H and O–H groups in total. The summed E-state index contributed by atoms with van der Waals surface area (Å²) in [6, 6.07) is 7.21. The van der Waals surface area contributed by atoms with E-state index in [1.165, 1.54) is 0 Å². The first-order valence-corrected chi connectivity index (χ1v) is 3.79. The molecule has 1 nitrogen and oxygen atoms in total. The standard InChI is InChI=1S/C10H8FN/c1-7-6-12-9-5-3-2-4-8(9)10(7)11/h2-6H,1H3. The molecular weight excluding hydrogens is 153 g/mol. The third kappa shape index (κ3) is 0.961. The minimum atomic E-state index is -0.166. The number of nitrogens with zero attached hydrogens (tertiary/aromatic N) is 1. The van der Waals surface area contributed by atoms with Crippen LogP contribution in [0.2, 0.25) is 0 Å². The first-order valence-electron chi connectivity index (χ1n) is 3.79. The van der Waals surface area contributed by atoms with Gasteiger partial charge >= 0.3 is 0 Å². The Morgan fingerprint density at radius 3 is 2.83 bits per heavy atom. The summed E-state index contributed by atoms with van der Waals surface area (Å²) >= 11 is 0. The van der Waals surface area contributed by atoms with E-state index in [0.717, 1.165) is 0 Å². The molecule has 1 aromatic carbocycles. The molecule has 60 valence electrons. The van der Waals surface area contributed by atoms with E-state index in [1.54, 1.807) is 25.3 Å². The van der Waals surface area contributed by atoms with Crippen molar-refractivity contribution in [3.63, 3.8) is 0 Å². The molecular formula is C10H8FN. The Kier molecular flexibility index (Phi) is 1.54. The van der Waals surface area contributed by atoms with Crippen LogP contribution in [0.4, 0.5) is 4.39 Å². The second kappa shape index (κ2) is 2.55. The molecule has 0 atom stereocenters. The van der Waals surface area contributed by atoms with Gasteiger partial charge in [0.05, 0.1) is 5.52 Å². The van der Waals surface area contributed by atoms with Crippen LogP contribution in [0.3, 0.4) is 0 Å². The van der Waals surface area contributed by atoms with Gasteiger partial charge in [-0.25, -0.2) is 4.39 Å². The fourth-order valence-electron chi connectivity index (χ4n) is 1.21. The molecule has 1 aromatic heterocycles. The number of pyridine rings is 1. The molecule has 0 amide bonds. The number of fused-ring (bicyclic) bond motifs is 1. The van der Waals surface area contributed by atoms with Crippen molar-refractivity contribution in [3.8, 4) is 0 Å². The molecule has 12 heavy (non-hydrogen) atoms. The average Bonchev–Trinajstić information content (AvgIpc) is 2.12. The summed E-state index contributed by atoms with van der Waals surface area (Å²) < 4.78 is 13.4. The van der Waals surface area contributed by atoms with Crippen molar-refractivity contribution in [2.75, 3.05) is 0 Å². The van der Waals surface area contributed by atoms with Gasteiger partial charge in [-0.05, 0) is 19.1 Å². The number of rotatable bonds is 0. The second-order valence-corrected chi connectivity index (χ2v) is 2.77. The molecule has 0 saturated carbocycles. The van der Waals surface area contributed by atoms with Crippen molar-refractivity contribution in [2.45, 2.75) is 6.92 Å². The van der Waals surface area contributed by atoms with Crippen molar-refractivity contribution >= 4 is 10.9 Å². The van der Waals surface area contributed by atoms with Crippen molar-refractivity contribution < 1.29 is 4.39 Å². The van der Waals surface area contributed by atoms with E-state index >= 15 is 0 Å². The van der Waals surface area contributed by atoms with E-state index in [4.69, 9.17) is 0 Å². The fourth-order valence-corrected chi connectivity index (χ4v) is 1.21. The summed E-state index contributed by atoms with van der Waals surface area (Å²) in [4.78, 5) is 4.10. The van der Waals surface area contributed by atoms with Crippen LogP contribution in [0.1, 0.15) is 5.56 Å². The van der Waals surface area contributed by atoms with Crippen LogP contribution < -0.4 is 0 Å². The van der Waals surface area contributed by atoms with Crippen LogP contribution >= 0.6 is 0 Å². The molecule has 0 aliphatic heterocycles. The first-order chi connectivity index (χ1) is 5.79. The van der Waals surface area contributed by atoms with Gasteiger partial charge in [-0.3, -0.25) is 4.98 Å². The molecule has 0 saturated heterocycles. The van der Waals surface area contributed by atoms with E-state index in [0.29, 0.717) is 16.5 Å². The highest BCUT2D eigenvalue weighted by atomic mass is 19.1. The largest absolute Gasteiger partial charge is 0.256 e. The second-order valence-electron chi connectivity index (χ2n) is 2.77. The Bertz CT molecular complexity index is 423. The average molecular weight is 161 g/mol. The molecule has 2 rings (SSSR count). The van der Waals surface area contributed by atoms with Gasteiger partial charge in [0, 0.05) is 17.1 Å². The van der Waals surface area contributed by atoms with E-state index in [9.17, 15) is 4.39 Å². The first kappa shape index (κ1) is 7.22. The Morgan fingerprint density at radius 1 is 1.25 bits per heavy atom. The lowest BCUT2D eigenvalue weighted by molar-refractivity contribution is 0.629. The predicted octanol–water partition coefficient (Wildman–Crippen LogP) is 2.68. The lowest BCUT2D eigenvalue weighted by Crippen LogP contribution is -1.87. The van der Waals surface area contributed by atoms with E-state index < -0.39 is 0 Å². The van der Waals surface area contributed by atoms with Gasteiger partial charge < -0.3 is 0 Å². The van der Waals surface area contributed by atoms with Crippen LogP contribution in [0.15, 0.2) is 30.5 Å². The molecule has 0 fully saturated rings. The molecule has 2 heteroatoms. The highest BCUT2D eigenvalue weighted by Crippen LogP contribution is 2.17. The van der Waals surface area contributed by atoms with Crippen molar-refractivity contribution in [1.82, 2.24) is 4.98 Å². The molecule has 0 aliphatic carbocycles. The van der Waals surface area contributed by atoms with Crippen LogP contribution in [0, 0.1) is 12.7 Å². The summed E-state index contributed by atoms with van der Waals surface area (Å²) in [6.45, 7) is 1.72. The van der Waals surface area contributed by atoms with Crippen LogP contribution in [0.5, 0.6) is 0 Å². The molecule has 0 bridgehead atoms. The van der Waals surface area contributed by atoms with E-state index in [-0.39, 0.29) is 5.82 Å². The monoisotopic (exact) mass is 161 g/mol. The van der Waals surface area contributed by atoms with Crippen molar-refractivity contribution in [1.29, 1.82) is 0 Å². The molecule has 1 heterocycles. The van der Waals surface area contributed by atoms with Crippen LogP contribution in [-0.2, 0) is 0 Å². The van der Waals surface area contributed by atoms with Crippen molar-refractivity contribution in [3.05, 3.63) is 41.8 Å². The molecule has 0 radical (unpaired) electrons. The number of halogens is 1. The van der Waals surface area contributed by atoms with Crippen LogP contribution in [-0.4, -0.2) is 4.98 Å². The van der Waals surface area contributed by atoms with Gasteiger partial charge in [0.15, 0.2) is 0 Å². The normalized spacial score (nSPS) is 10.5. The molecule has 0 spiro atoms. The quantitative estimate of drug-likeness (QED) is 0.578. The summed E-state index contributed by atoms with van der Waals surface area (Å²) in [6.07, 6.45) is 1.55. The number of benzene rings is 1. The van der Waals surface area contributed by atoms with Gasteiger partial charge in [-0.1, -0.05) is 12.1 Å². The number of para-hydroxylation sites is 1. The molecule has 0 unspecified atom stereocenters.